The number of amides is 1. The Morgan fingerprint density at radius 3 is 2.89 bits per heavy atom. The van der Waals surface area contributed by atoms with E-state index in [9.17, 15) is 9.59 Å². The molecule has 6 nitrogen and oxygen atoms in total. The van der Waals surface area contributed by atoms with Gasteiger partial charge in [0.05, 0.1) is 11.6 Å². The zero-order valence-corrected chi connectivity index (χ0v) is 11.5. The molecular formula is C12H16N2O4S. The molecular weight excluding hydrogens is 268 g/mol. The molecule has 104 valence electrons. The second-order valence-electron chi connectivity index (χ2n) is 3.69. The first-order valence-electron chi connectivity index (χ1n) is 5.74. The monoisotopic (exact) mass is 284 g/mol. The van der Waals surface area contributed by atoms with E-state index in [2.05, 4.69) is 11.6 Å². The minimum atomic E-state index is -1.09. The number of carbonyl (C=O) groups excluding carboxylic acids is 1. The Morgan fingerprint density at radius 2 is 2.37 bits per heavy atom. The van der Waals surface area contributed by atoms with Crippen LogP contribution in [-0.2, 0) is 22.5 Å². The highest BCUT2D eigenvalue weighted by Crippen LogP contribution is 2.16. The van der Waals surface area contributed by atoms with Gasteiger partial charge in [0.1, 0.15) is 13.2 Å². The zero-order chi connectivity index (χ0) is 14.3. The van der Waals surface area contributed by atoms with Crippen LogP contribution in [-0.4, -0.2) is 40.2 Å². The summed E-state index contributed by atoms with van der Waals surface area (Å²) in [7, 11) is 0. The summed E-state index contributed by atoms with van der Waals surface area (Å²) in [5, 5.41) is 9.75. The number of thiazole rings is 1. The van der Waals surface area contributed by atoms with E-state index in [1.165, 1.54) is 17.4 Å². The van der Waals surface area contributed by atoms with Crippen LogP contribution < -0.4 is 0 Å². The number of carboxylic acids is 1. The van der Waals surface area contributed by atoms with Gasteiger partial charge in [-0.3, -0.25) is 9.69 Å². The number of hydrogen-bond donors (Lipinski definition) is 1. The molecule has 0 aliphatic carbocycles. The number of ether oxygens (including phenoxy) is 1. The van der Waals surface area contributed by atoms with Gasteiger partial charge in [-0.05, 0) is 6.42 Å². The molecule has 1 heterocycles. The Labute approximate surface area is 115 Å². The summed E-state index contributed by atoms with van der Waals surface area (Å²) >= 11 is 1.46. The Kier molecular flexibility index (Phi) is 6.01. The normalized spacial score (nSPS) is 9.95. The first kappa shape index (κ1) is 15.2. The van der Waals surface area contributed by atoms with E-state index < -0.39 is 18.6 Å². The molecule has 0 spiro atoms. The lowest BCUT2D eigenvalue weighted by atomic mass is 10.4. The first-order chi connectivity index (χ1) is 9.06. The number of carbonyl (C=O) groups is 2. The summed E-state index contributed by atoms with van der Waals surface area (Å²) in [4.78, 5) is 28.6. The fourth-order valence-electron chi connectivity index (χ4n) is 1.34. The lowest BCUT2D eigenvalue weighted by Gasteiger charge is -2.18. The van der Waals surface area contributed by atoms with E-state index in [-0.39, 0.29) is 13.2 Å². The Morgan fingerprint density at radius 1 is 1.63 bits per heavy atom. The molecule has 7 heteroatoms. The number of aliphatic carboxylic acids is 1. The molecule has 0 aliphatic rings. The van der Waals surface area contributed by atoms with E-state index in [0.717, 1.165) is 21.2 Å². The molecule has 1 aromatic rings. The summed E-state index contributed by atoms with van der Waals surface area (Å²) < 4.78 is 4.85. The molecule has 0 unspecified atom stereocenters. The molecule has 0 radical (unpaired) electrons. The third-order valence-corrected chi connectivity index (χ3v) is 3.29. The maximum Gasteiger partial charge on any atom is 0.410 e. The van der Waals surface area contributed by atoms with Crippen LogP contribution in [0.5, 0.6) is 0 Å². The van der Waals surface area contributed by atoms with Gasteiger partial charge in [0, 0.05) is 11.1 Å². The standard InChI is InChI=1S/C12H16N2O4S/c1-3-5-18-12(17)14(8-11(15)16)7-9-6-13-10(4-2)19-9/h3,6H,1,4-5,7-8H2,2H3,(H,15,16). The summed E-state index contributed by atoms with van der Waals surface area (Å²) in [6.07, 6.45) is 3.22. The smallest absolute Gasteiger partial charge is 0.410 e. The van der Waals surface area contributed by atoms with Crippen molar-refractivity contribution in [1.29, 1.82) is 0 Å². The maximum absolute atomic E-state index is 11.7. The summed E-state index contributed by atoms with van der Waals surface area (Å²) in [6, 6.07) is 0. The van der Waals surface area contributed by atoms with Gasteiger partial charge < -0.3 is 9.84 Å². The van der Waals surface area contributed by atoms with Gasteiger partial charge in [-0.1, -0.05) is 19.6 Å². The molecule has 1 rings (SSSR count). The third-order valence-electron chi connectivity index (χ3n) is 2.16. The molecule has 1 aromatic heterocycles. The molecule has 0 saturated carbocycles. The molecule has 19 heavy (non-hydrogen) atoms. The van der Waals surface area contributed by atoms with Crippen molar-refractivity contribution < 1.29 is 19.4 Å². The average molecular weight is 284 g/mol. The zero-order valence-electron chi connectivity index (χ0n) is 10.7. The van der Waals surface area contributed by atoms with Crippen molar-refractivity contribution in [2.24, 2.45) is 0 Å². The van der Waals surface area contributed by atoms with Crippen molar-refractivity contribution in [3.8, 4) is 0 Å². The van der Waals surface area contributed by atoms with Crippen molar-refractivity contribution in [2.45, 2.75) is 19.9 Å². The highest BCUT2D eigenvalue weighted by atomic mass is 32.1. The number of rotatable bonds is 7. The number of hydrogen-bond acceptors (Lipinski definition) is 5. The van der Waals surface area contributed by atoms with Gasteiger partial charge >= 0.3 is 12.1 Å². The van der Waals surface area contributed by atoms with Crippen molar-refractivity contribution in [3.05, 3.63) is 28.7 Å². The van der Waals surface area contributed by atoms with E-state index in [1.807, 2.05) is 6.92 Å². The molecule has 0 bridgehead atoms. The van der Waals surface area contributed by atoms with Crippen LogP contribution in [0.15, 0.2) is 18.9 Å². The van der Waals surface area contributed by atoms with Crippen LogP contribution in [0.1, 0.15) is 16.8 Å². The topological polar surface area (TPSA) is 79.7 Å². The largest absolute Gasteiger partial charge is 0.480 e. The second kappa shape index (κ2) is 7.52. The van der Waals surface area contributed by atoms with Gasteiger partial charge in [-0.2, -0.15) is 0 Å². The van der Waals surface area contributed by atoms with Crippen molar-refractivity contribution in [1.82, 2.24) is 9.88 Å². The van der Waals surface area contributed by atoms with Crippen LogP contribution >= 0.6 is 11.3 Å². The summed E-state index contributed by atoms with van der Waals surface area (Å²) in [5.74, 6) is -1.09. The lowest BCUT2D eigenvalue weighted by Crippen LogP contribution is -2.35. The third kappa shape index (κ3) is 5.09. The molecule has 1 amide bonds. The minimum absolute atomic E-state index is 0.0534. The van der Waals surface area contributed by atoms with Crippen LogP contribution in [0, 0.1) is 0 Å². The van der Waals surface area contributed by atoms with Gasteiger partial charge in [0.15, 0.2) is 0 Å². The highest BCUT2D eigenvalue weighted by molar-refractivity contribution is 7.11. The van der Waals surface area contributed by atoms with Gasteiger partial charge in [-0.25, -0.2) is 9.78 Å². The van der Waals surface area contributed by atoms with Crippen LogP contribution in [0.4, 0.5) is 4.79 Å². The average Bonchev–Trinajstić information content (AvgIpc) is 2.82. The van der Waals surface area contributed by atoms with Gasteiger partial charge in [-0.15, -0.1) is 11.3 Å². The molecule has 0 fully saturated rings. The van der Waals surface area contributed by atoms with Crippen LogP contribution in [0.2, 0.25) is 0 Å². The highest BCUT2D eigenvalue weighted by Gasteiger charge is 2.19. The first-order valence-corrected chi connectivity index (χ1v) is 6.56. The van der Waals surface area contributed by atoms with Crippen LogP contribution in [0.3, 0.4) is 0 Å². The Balaban J connectivity index is 2.70. The van der Waals surface area contributed by atoms with E-state index in [4.69, 9.17) is 9.84 Å². The maximum atomic E-state index is 11.7. The van der Waals surface area contributed by atoms with Crippen molar-refractivity contribution in [2.75, 3.05) is 13.2 Å². The number of aryl methyl sites for hydroxylation is 1. The van der Waals surface area contributed by atoms with Gasteiger partial charge in [0.2, 0.25) is 0 Å². The fourth-order valence-corrected chi connectivity index (χ4v) is 2.22. The summed E-state index contributed by atoms with van der Waals surface area (Å²) in [6.45, 7) is 5.24. The Hall–Kier alpha value is -1.89. The fraction of sp³-hybridized carbons (Fsp3) is 0.417. The summed E-state index contributed by atoms with van der Waals surface area (Å²) in [5.41, 5.74) is 0. The molecule has 1 N–H and O–H groups in total. The molecule has 0 aliphatic heterocycles. The minimum Gasteiger partial charge on any atom is -0.480 e. The number of nitrogens with zero attached hydrogens (tertiary/aromatic N) is 2. The lowest BCUT2D eigenvalue weighted by molar-refractivity contribution is -0.138. The SMILES string of the molecule is C=CCOC(=O)N(CC(=O)O)Cc1cnc(CC)s1. The van der Waals surface area contributed by atoms with E-state index >= 15 is 0 Å². The second-order valence-corrected chi connectivity index (χ2v) is 4.89. The molecule has 0 aromatic carbocycles. The van der Waals surface area contributed by atoms with Crippen LogP contribution in [0.25, 0.3) is 0 Å². The number of aromatic nitrogens is 1. The predicted molar refractivity (Wildman–Crippen MR) is 71.1 cm³/mol. The van der Waals surface area contributed by atoms with E-state index in [1.54, 1.807) is 6.20 Å². The van der Waals surface area contributed by atoms with Crippen molar-refractivity contribution >= 4 is 23.4 Å². The molecule has 0 saturated heterocycles. The number of carboxylic acid groups (broad SMARTS) is 1. The predicted octanol–water partition coefficient (Wildman–Crippen LogP) is 1.91. The quantitative estimate of drug-likeness (QED) is 0.774. The van der Waals surface area contributed by atoms with Gasteiger partial charge in [0.25, 0.3) is 0 Å². The Bertz CT molecular complexity index is 458. The van der Waals surface area contributed by atoms with E-state index in [0.29, 0.717) is 0 Å². The van der Waals surface area contributed by atoms with Crippen molar-refractivity contribution in [3.63, 3.8) is 0 Å². The molecule has 0 atom stereocenters.